The molecule has 0 aliphatic rings. The first-order valence-electron chi connectivity index (χ1n) is 3.22. The number of aryl methyl sites for hydroxylation is 1. The fourth-order valence-corrected chi connectivity index (χ4v) is 1.90. The Bertz CT molecular complexity index is 356. The van der Waals surface area contributed by atoms with E-state index in [1.807, 2.05) is 6.07 Å². The predicted octanol–water partition coefficient (Wildman–Crippen LogP) is 1.62. The Labute approximate surface area is 69.0 Å². The van der Waals surface area contributed by atoms with Crippen molar-refractivity contribution in [2.24, 2.45) is 0 Å². The molecule has 0 saturated carbocycles. The average Bonchev–Trinajstić information content (AvgIpc) is 2.34. The van der Waals surface area contributed by atoms with Crippen LogP contribution in [0.15, 0.2) is 29.8 Å². The highest BCUT2D eigenvalue weighted by atomic mass is 32.1. The van der Waals surface area contributed by atoms with Crippen LogP contribution in [0.25, 0.3) is 4.83 Å². The fraction of sp³-hybridized carbons (Fsp3) is 0.125. The van der Waals surface area contributed by atoms with Crippen LogP contribution in [0.3, 0.4) is 0 Å². The second-order valence-electron chi connectivity index (χ2n) is 2.29. The first kappa shape index (κ1) is 8.17. The van der Waals surface area contributed by atoms with Gasteiger partial charge in [0.2, 0.25) is 0 Å². The van der Waals surface area contributed by atoms with Gasteiger partial charge in [-0.3, -0.25) is 0 Å². The van der Waals surface area contributed by atoms with E-state index in [1.54, 1.807) is 11.3 Å². The van der Waals surface area contributed by atoms with Crippen LogP contribution in [0, 0.1) is 6.92 Å². The van der Waals surface area contributed by atoms with Crippen molar-refractivity contribution in [1.82, 2.24) is 0 Å². The van der Waals surface area contributed by atoms with Gasteiger partial charge in [-0.25, -0.2) is 0 Å². The van der Waals surface area contributed by atoms with E-state index in [4.69, 9.17) is 0 Å². The Morgan fingerprint density at radius 3 is 2.91 bits per heavy atom. The molecule has 2 aromatic heterocycles. The van der Waals surface area contributed by atoms with Gasteiger partial charge in [0.1, 0.15) is 0 Å². The Kier molecular flexibility index (Phi) is 2.22. The van der Waals surface area contributed by atoms with Crippen molar-refractivity contribution in [2.45, 2.75) is 6.92 Å². The van der Waals surface area contributed by atoms with Crippen LogP contribution >= 0.6 is 11.3 Å². The van der Waals surface area contributed by atoms with E-state index in [1.165, 1.54) is 10.5 Å². The van der Waals surface area contributed by atoms with Gasteiger partial charge in [-0.05, 0) is 6.07 Å². The standard InChI is InChI=1S/C8H8NS.H2O/c1-7-6-10-8-4-2-3-5-9(7)8;/h2-6H,1H3;1H2/q+1;/p-1. The van der Waals surface area contributed by atoms with Crippen LogP contribution in [0.5, 0.6) is 0 Å². The normalized spacial score (nSPS) is 9.55. The minimum absolute atomic E-state index is 0. The van der Waals surface area contributed by atoms with E-state index in [2.05, 4.69) is 35.0 Å². The van der Waals surface area contributed by atoms with E-state index in [0.29, 0.717) is 0 Å². The highest BCUT2D eigenvalue weighted by Gasteiger charge is 2.04. The lowest BCUT2D eigenvalue weighted by Crippen LogP contribution is -2.20. The second-order valence-corrected chi connectivity index (χ2v) is 3.18. The van der Waals surface area contributed by atoms with Crippen LogP contribution in [0.1, 0.15) is 5.69 Å². The minimum atomic E-state index is 0. The van der Waals surface area contributed by atoms with Gasteiger partial charge in [0.05, 0.1) is 5.38 Å². The maximum atomic E-state index is 2.19. The molecule has 2 heterocycles. The van der Waals surface area contributed by atoms with Crippen LogP contribution in [0.4, 0.5) is 0 Å². The number of nitrogens with zero attached hydrogens (tertiary/aromatic N) is 1. The first-order valence-corrected chi connectivity index (χ1v) is 4.10. The van der Waals surface area contributed by atoms with E-state index < -0.39 is 0 Å². The molecular formula is C8H9NOS. The molecular weight excluding hydrogens is 158 g/mol. The van der Waals surface area contributed by atoms with Gasteiger partial charge in [0, 0.05) is 19.1 Å². The molecule has 2 aromatic rings. The van der Waals surface area contributed by atoms with Crippen molar-refractivity contribution in [1.29, 1.82) is 0 Å². The summed E-state index contributed by atoms with van der Waals surface area (Å²) in [5, 5.41) is 2.16. The summed E-state index contributed by atoms with van der Waals surface area (Å²) in [4.78, 5) is 1.31. The molecule has 0 radical (unpaired) electrons. The lowest BCUT2D eigenvalue weighted by Gasteiger charge is -1.79. The van der Waals surface area contributed by atoms with Crippen LogP contribution < -0.4 is 4.40 Å². The molecule has 0 saturated heterocycles. The van der Waals surface area contributed by atoms with Crippen LogP contribution in [0.2, 0.25) is 0 Å². The molecule has 0 aliphatic heterocycles. The Balaban J connectivity index is 0.000000605. The maximum absolute atomic E-state index is 2.19. The van der Waals surface area contributed by atoms with Crippen molar-refractivity contribution in [3.05, 3.63) is 35.5 Å². The molecule has 0 fully saturated rings. The number of pyridine rings is 1. The van der Waals surface area contributed by atoms with Gasteiger partial charge >= 0.3 is 0 Å². The second kappa shape index (κ2) is 2.98. The van der Waals surface area contributed by atoms with Gasteiger partial charge in [-0.2, -0.15) is 4.40 Å². The molecule has 0 unspecified atom stereocenters. The lowest BCUT2D eigenvalue weighted by atomic mass is 10.5. The number of aromatic nitrogens is 1. The van der Waals surface area contributed by atoms with Crippen LogP contribution in [-0.4, -0.2) is 5.48 Å². The monoisotopic (exact) mass is 167 g/mol. The maximum Gasteiger partial charge on any atom is 0.267 e. The lowest BCUT2D eigenvalue weighted by molar-refractivity contribution is -0.515. The van der Waals surface area contributed by atoms with E-state index in [0.717, 1.165) is 0 Å². The van der Waals surface area contributed by atoms with Gasteiger partial charge in [0.15, 0.2) is 11.9 Å². The summed E-state index contributed by atoms with van der Waals surface area (Å²) >= 11 is 1.78. The molecule has 1 N–H and O–H groups in total. The van der Waals surface area contributed by atoms with E-state index in [-0.39, 0.29) is 5.48 Å². The van der Waals surface area contributed by atoms with Gasteiger partial charge in [-0.15, -0.1) is 0 Å². The van der Waals surface area contributed by atoms with E-state index >= 15 is 0 Å². The Hall–Kier alpha value is -0.930. The zero-order chi connectivity index (χ0) is 6.97. The van der Waals surface area contributed by atoms with Crippen molar-refractivity contribution in [3.8, 4) is 0 Å². The zero-order valence-corrected chi connectivity index (χ0v) is 7.01. The molecule has 0 aromatic carbocycles. The summed E-state index contributed by atoms with van der Waals surface area (Å²) < 4.78 is 2.19. The molecule has 0 aliphatic carbocycles. The topological polar surface area (TPSA) is 34.1 Å². The summed E-state index contributed by atoms with van der Waals surface area (Å²) in [7, 11) is 0. The largest absolute Gasteiger partial charge is 0.870 e. The zero-order valence-electron chi connectivity index (χ0n) is 6.19. The van der Waals surface area contributed by atoms with Gasteiger partial charge in [-0.1, -0.05) is 11.3 Å². The smallest absolute Gasteiger partial charge is 0.267 e. The Morgan fingerprint density at radius 2 is 2.18 bits per heavy atom. The third kappa shape index (κ3) is 1.25. The molecule has 0 spiro atoms. The SMILES string of the molecule is Cc1csc2cccc[n+]12.[OH-]. The molecule has 0 atom stereocenters. The van der Waals surface area contributed by atoms with Crippen molar-refractivity contribution < 1.29 is 9.88 Å². The third-order valence-electron chi connectivity index (χ3n) is 1.55. The van der Waals surface area contributed by atoms with Gasteiger partial charge < -0.3 is 5.48 Å². The molecule has 0 amide bonds. The number of rotatable bonds is 0. The van der Waals surface area contributed by atoms with E-state index in [9.17, 15) is 0 Å². The van der Waals surface area contributed by atoms with Gasteiger partial charge in [0.25, 0.3) is 4.83 Å². The van der Waals surface area contributed by atoms with Crippen LogP contribution in [-0.2, 0) is 0 Å². The molecule has 0 bridgehead atoms. The highest BCUT2D eigenvalue weighted by molar-refractivity contribution is 7.15. The number of hydrogen-bond donors (Lipinski definition) is 0. The number of hydrogen-bond acceptors (Lipinski definition) is 2. The molecule has 2 nitrogen and oxygen atoms in total. The van der Waals surface area contributed by atoms with Crippen molar-refractivity contribution in [2.75, 3.05) is 0 Å². The highest BCUT2D eigenvalue weighted by Crippen LogP contribution is 2.06. The Morgan fingerprint density at radius 1 is 1.36 bits per heavy atom. The molecule has 3 heteroatoms. The van der Waals surface area contributed by atoms with Crippen molar-refractivity contribution in [3.63, 3.8) is 0 Å². The molecule has 58 valence electrons. The summed E-state index contributed by atoms with van der Waals surface area (Å²) in [5.74, 6) is 0. The number of thiazole rings is 1. The average molecular weight is 167 g/mol. The predicted molar refractivity (Wildman–Crippen MR) is 44.2 cm³/mol. The summed E-state index contributed by atoms with van der Waals surface area (Å²) in [5.41, 5.74) is 1.31. The summed E-state index contributed by atoms with van der Waals surface area (Å²) in [6, 6.07) is 6.23. The fourth-order valence-electron chi connectivity index (χ4n) is 1.02. The quantitative estimate of drug-likeness (QED) is 0.549. The molecule has 2 rings (SSSR count). The summed E-state index contributed by atoms with van der Waals surface area (Å²) in [6.07, 6.45) is 2.08. The number of fused-ring (bicyclic) bond motifs is 1. The minimum Gasteiger partial charge on any atom is -0.870 e. The molecule has 11 heavy (non-hydrogen) atoms. The van der Waals surface area contributed by atoms with Crippen molar-refractivity contribution >= 4 is 16.2 Å². The summed E-state index contributed by atoms with van der Waals surface area (Å²) in [6.45, 7) is 2.11. The third-order valence-corrected chi connectivity index (χ3v) is 2.59. The first-order chi connectivity index (χ1) is 4.88.